The highest BCUT2D eigenvalue weighted by molar-refractivity contribution is 7.99. The Morgan fingerprint density at radius 3 is 2.58 bits per heavy atom. The van der Waals surface area contributed by atoms with E-state index in [1.54, 1.807) is 0 Å². The average molecular weight is 185 g/mol. The number of nitrogens with one attached hydrogen (secondary N) is 1. The van der Waals surface area contributed by atoms with Gasteiger partial charge in [0.1, 0.15) is 0 Å². The summed E-state index contributed by atoms with van der Waals surface area (Å²) in [6.07, 6.45) is 8.75. The summed E-state index contributed by atoms with van der Waals surface area (Å²) < 4.78 is 0. The third kappa shape index (κ3) is 2.40. The fraction of sp³-hybridized carbons (Fsp3) is 1.00. The van der Waals surface area contributed by atoms with Crippen LogP contribution in [0.5, 0.6) is 0 Å². The molecule has 2 heteroatoms. The topological polar surface area (TPSA) is 12.0 Å². The van der Waals surface area contributed by atoms with Crippen molar-refractivity contribution < 1.29 is 0 Å². The van der Waals surface area contributed by atoms with E-state index in [0.717, 1.165) is 11.3 Å². The summed E-state index contributed by atoms with van der Waals surface area (Å²) in [5.41, 5.74) is 0. The fourth-order valence-electron chi connectivity index (χ4n) is 2.21. The Morgan fingerprint density at radius 2 is 1.92 bits per heavy atom. The van der Waals surface area contributed by atoms with Gasteiger partial charge in [-0.05, 0) is 32.2 Å². The van der Waals surface area contributed by atoms with Crippen molar-refractivity contribution in [3.05, 3.63) is 0 Å². The van der Waals surface area contributed by atoms with Gasteiger partial charge in [-0.3, -0.25) is 0 Å². The maximum absolute atomic E-state index is 3.56. The molecule has 0 radical (unpaired) electrons. The molecule has 1 nitrogen and oxygen atoms in total. The fourth-order valence-corrected chi connectivity index (χ4v) is 3.66. The van der Waals surface area contributed by atoms with Gasteiger partial charge in [0.15, 0.2) is 0 Å². The molecule has 70 valence electrons. The molecule has 0 aromatic heterocycles. The van der Waals surface area contributed by atoms with Crippen molar-refractivity contribution in [2.75, 3.05) is 12.3 Å². The van der Waals surface area contributed by atoms with Crippen molar-refractivity contribution >= 4 is 11.8 Å². The maximum Gasteiger partial charge on any atom is 0.0158 e. The molecule has 2 aliphatic rings. The number of rotatable bonds is 3. The second kappa shape index (κ2) is 4.52. The van der Waals surface area contributed by atoms with Crippen LogP contribution in [0.2, 0.25) is 0 Å². The van der Waals surface area contributed by atoms with Crippen LogP contribution in [0.15, 0.2) is 0 Å². The first-order valence-electron chi connectivity index (χ1n) is 5.30. The van der Waals surface area contributed by atoms with Crippen molar-refractivity contribution in [3.8, 4) is 0 Å². The van der Waals surface area contributed by atoms with Crippen LogP contribution in [0.1, 0.15) is 38.5 Å². The van der Waals surface area contributed by atoms with E-state index in [0.29, 0.717) is 0 Å². The Morgan fingerprint density at radius 1 is 1.08 bits per heavy atom. The van der Waals surface area contributed by atoms with Crippen LogP contribution in [-0.2, 0) is 0 Å². The molecule has 0 aromatic carbocycles. The number of thioether (sulfide) groups is 1. The third-order valence-corrected chi connectivity index (χ3v) is 4.54. The molecule has 0 unspecified atom stereocenters. The molecule has 2 fully saturated rings. The summed E-state index contributed by atoms with van der Waals surface area (Å²) in [5.74, 6) is 1.37. The zero-order valence-electron chi connectivity index (χ0n) is 7.72. The van der Waals surface area contributed by atoms with Crippen molar-refractivity contribution in [2.45, 2.75) is 49.8 Å². The molecule has 1 aliphatic carbocycles. The minimum absolute atomic E-state index is 0.843. The Bertz CT molecular complexity index is 110. The average Bonchev–Trinajstić information content (AvgIpc) is 2.74. The summed E-state index contributed by atoms with van der Waals surface area (Å²) in [6.45, 7) is 1.26. The molecule has 1 N–H and O–H groups in total. The normalized spacial score (nSPS) is 31.5. The van der Waals surface area contributed by atoms with Gasteiger partial charge in [0, 0.05) is 17.0 Å². The molecule has 1 saturated heterocycles. The van der Waals surface area contributed by atoms with Crippen LogP contribution in [-0.4, -0.2) is 23.6 Å². The largest absolute Gasteiger partial charge is 0.313 e. The molecule has 12 heavy (non-hydrogen) atoms. The van der Waals surface area contributed by atoms with E-state index < -0.39 is 0 Å². The predicted octanol–water partition coefficient (Wildman–Crippen LogP) is 2.41. The van der Waals surface area contributed by atoms with Crippen molar-refractivity contribution in [1.82, 2.24) is 5.32 Å². The van der Waals surface area contributed by atoms with Gasteiger partial charge in [-0.1, -0.05) is 12.8 Å². The second-order valence-corrected chi connectivity index (χ2v) is 5.37. The lowest BCUT2D eigenvalue weighted by Gasteiger charge is -2.13. The van der Waals surface area contributed by atoms with E-state index in [1.807, 2.05) is 0 Å². The molecular weight excluding hydrogens is 166 g/mol. The highest BCUT2D eigenvalue weighted by Gasteiger charge is 2.19. The first-order chi connectivity index (χ1) is 5.95. The molecule has 0 amide bonds. The van der Waals surface area contributed by atoms with Crippen LogP contribution in [0.25, 0.3) is 0 Å². The van der Waals surface area contributed by atoms with Crippen LogP contribution in [0, 0.1) is 0 Å². The van der Waals surface area contributed by atoms with Crippen LogP contribution in [0.3, 0.4) is 0 Å². The molecule has 0 aromatic rings. The van der Waals surface area contributed by atoms with Crippen molar-refractivity contribution in [2.24, 2.45) is 0 Å². The second-order valence-electron chi connectivity index (χ2n) is 4.03. The number of hydrogen-bond donors (Lipinski definition) is 1. The van der Waals surface area contributed by atoms with E-state index in [1.165, 1.54) is 50.8 Å². The van der Waals surface area contributed by atoms with Gasteiger partial charge >= 0.3 is 0 Å². The quantitative estimate of drug-likeness (QED) is 0.724. The van der Waals surface area contributed by atoms with Crippen molar-refractivity contribution in [3.63, 3.8) is 0 Å². The molecular formula is C10H19NS. The molecule has 1 aliphatic heterocycles. The minimum atomic E-state index is 0.843. The molecule has 0 spiro atoms. The Balaban J connectivity index is 1.60. The number of hydrogen-bond acceptors (Lipinski definition) is 2. The van der Waals surface area contributed by atoms with Gasteiger partial charge in [0.05, 0.1) is 0 Å². The molecule has 1 saturated carbocycles. The van der Waals surface area contributed by atoms with Gasteiger partial charge in [0.25, 0.3) is 0 Å². The maximum atomic E-state index is 3.56. The molecule has 2 rings (SSSR count). The minimum Gasteiger partial charge on any atom is -0.313 e. The monoisotopic (exact) mass is 185 g/mol. The zero-order valence-corrected chi connectivity index (χ0v) is 8.54. The first kappa shape index (κ1) is 8.89. The van der Waals surface area contributed by atoms with E-state index in [4.69, 9.17) is 0 Å². The highest BCUT2D eigenvalue weighted by atomic mass is 32.2. The summed E-state index contributed by atoms with van der Waals surface area (Å²) in [7, 11) is 0. The molecule has 0 bridgehead atoms. The Kier molecular flexibility index (Phi) is 3.35. The van der Waals surface area contributed by atoms with Crippen LogP contribution in [0.4, 0.5) is 0 Å². The standard InChI is InChI=1S/C10H19NS/c1-2-6-10(5-1)12-8-9-4-3-7-11-9/h9-11H,1-8H2/t9-/m1/s1. The van der Waals surface area contributed by atoms with E-state index >= 15 is 0 Å². The lowest BCUT2D eigenvalue weighted by Crippen LogP contribution is -2.24. The third-order valence-electron chi connectivity index (χ3n) is 3.00. The lowest BCUT2D eigenvalue weighted by molar-refractivity contribution is 0.672. The van der Waals surface area contributed by atoms with Gasteiger partial charge < -0.3 is 5.32 Å². The van der Waals surface area contributed by atoms with Crippen LogP contribution < -0.4 is 5.32 Å². The van der Waals surface area contributed by atoms with Gasteiger partial charge in [-0.15, -0.1) is 0 Å². The van der Waals surface area contributed by atoms with Gasteiger partial charge in [-0.25, -0.2) is 0 Å². The van der Waals surface area contributed by atoms with Crippen molar-refractivity contribution in [1.29, 1.82) is 0 Å². The summed E-state index contributed by atoms with van der Waals surface area (Å²) in [6, 6.07) is 0.843. The van der Waals surface area contributed by atoms with E-state index in [-0.39, 0.29) is 0 Å². The molecule has 1 atom stereocenters. The first-order valence-corrected chi connectivity index (χ1v) is 6.35. The summed E-state index contributed by atoms with van der Waals surface area (Å²) in [5, 5.41) is 4.57. The lowest BCUT2D eigenvalue weighted by atomic mass is 10.3. The van der Waals surface area contributed by atoms with Crippen LogP contribution >= 0.6 is 11.8 Å². The summed E-state index contributed by atoms with van der Waals surface area (Å²) >= 11 is 2.22. The Labute approximate surface area is 79.7 Å². The van der Waals surface area contributed by atoms with Gasteiger partial charge in [-0.2, -0.15) is 11.8 Å². The summed E-state index contributed by atoms with van der Waals surface area (Å²) in [4.78, 5) is 0. The van der Waals surface area contributed by atoms with E-state index in [2.05, 4.69) is 17.1 Å². The van der Waals surface area contributed by atoms with E-state index in [9.17, 15) is 0 Å². The smallest absolute Gasteiger partial charge is 0.0158 e. The molecule has 1 heterocycles. The zero-order chi connectivity index (χ0) is 8.23. The SMILES string of the molecule is C1CCC(SC[C@H]2CCCN2)C1. The predicted molar refractivity (Wildman–Crippen MR) is 55.7 cm³/mol. The van der Waals surface area contributed by atoms with Gasteiger partial charge in [0.2, 0.25) is 0 Å². The highest BCUT2D eigenvalue weighted by Crippen LogP contribution is 2.30. The Hall–Kier alpha value is 0.310.